The number of phenols is 1. The van der Waals surface area contributed by atoms with Gasteiger partial charge in [0.1, 0.15) is 17.3 Å². The molecule has 1 aromatic heterocycles. The second kappa shape index (κ2) is 4.18. The van der Waals surface area contributed by atoms with Crippen LogP contribution in [0.2, 0.25) is 0 Å². The van der Waals surface area contributed by atoms with Crippen LogP contribution < -0.4 is 4.74 Å². The van der Waals surface area contributed by atoms with Crippen LogP contribution in [0.3, 0.4) is 0 Å². The van der Waals surface area contributed by atoms with Crippen molar-refractivity contribution in [2.45, 2.75) is 0 Å². The molecule has 82 valence electrons. The lowest BCUT2D eigenvalue weighted by Crippen LogP contribution is -1.87. The molecule has 0 aliphatic heterocycles. The molecule has 4 heteroatoms. The molecule has 0 saturated carbocycles. The van der Waals surface area contributed by atoms with E-state index in [1.54, 1.807) is 12.1 Å². The van der Waals surface area contributed by atoms with Gasteiger partial charge in [-0.05, 0) is 24.3 Å². The van der Waals surface area contributed by atoms with Crippen LogP contribution >= 0.6 is 0 Å². The number of phenolic OH excluding ortho intramolecular Hbond substituents is 1. The summed E-state index contributed by atoms with van der Waals surface area (Å²) in [5.74, 6) is 0.213. The van der Waals surface area contributed by atoms with E-state index in [2.05, 4.69) is 4.98 Å². The first-order chi connectivity index (χ1) is 7.70. The normalized spacial score (nSPS) is 10.1. The monoisotopic (exact) mass is 219 g/mol. The van der Waals surface area contributed by atoms with E-state index < -0.39 is 5.82 Å². The molecule has 0 radical (unpaired) electrons. The highest BCUT2D eigenvalue weighted by Crippen LogP contribution is 2.32. The SMILES string of the molecule is COc1ccc(O)c(-c2cncc(F)c2)c1. The summed E-state index contributed by atoms with van der Waals surface area (Å²) in [4.78, 5) is 3.73. The van der Waals surface area contributed by atoms with E-state index in [-0.39, 0.29) is 5.75 Å². The number of aromatic hydroxyl groups is 1. The maximum atomic E-state index is 13.0. The molecule has 0 spiro atoms. The van der Waals surface area contributed by atoms with Crippen molar-refractivity contribution in [2.75, 3.05) is 7.11 Å². The van der Waals surface area contributed by atoms with Gasteiger partial charge in [0.05, 0.1) is 13.3 Å². The molecular weight excluding hydrogens is 209 g/mol. The van der Waals surface area contributed by atoms with Crippen molar-refractivity contribution in [1.29, 1.82) is 0 Å². The first-order valence-electron chi connectivity index (χ1n) is 4.68. The summed E-state index contributed by atoms with van der Waals surface area (Å²) in [7, 11) is 1.53. The molecule has 3 nitrogen and oxygen atoms in total. The highest BCUT2D eigenvalue weighted by molar-refractivity contribution is 5.70. The van der Waals surface area contributed by atoms with Crippen LogP contribution in [-0.2, 0) is 0 Å². The van der Waals surface area contributed by atoms with Crippen LogP contribution in [0.5, 0.6) is 11.5 Å². The molecule has 0 aliphatic carbocycles. The van der Waals surface area contributed by atoms with E-state index in [0.717, 1.165) is 6.20 Å². The van der Waals surface area contributed by atoms with Gasteiger partial charge in [-0.2, -0.15) is 0 Å². The third kappa shape index (κ3) is 1.95. The number of hydrogen-bond donors (Lipinski definition) is 1. The van der Waals surface area contributed by atoms with Crippen molar-refractivity contribution >= 4 is 0 Å². The van der Waals surface area contributed by atoms with Gasteiger partial charge >= 0.3 is 0 Å². The van der Waals surface area contributed by atoms with E-state index in [9.17, 15) is 9.50 Å². The topological polar surface area (TPSA) is 42.4 Å². The summed E-state index contributed by atoms with van der Waals surface area (Å²) in [5, 5.41) is 9.67. The van der Waals surface area contributed by atoms with Crippen LogP contribution in [0.1, 0.15) is 0 Å². The number of nitrogens with zero attached hydrogens (tertiary/aromatic N) is 1. The maximum absolute atomic E-state index is 13.0. The van der Waals surface area contributed by atoms with Gasteiger partial charge in [0.15, 0.2) is 0 Å². The average molecular weight is 219 g/mol. The molecule has 0 saturated heterocycles. The minimum absolute atomic E-state index is 0.0631. The van der Waals surface area contributed by atoms with Crippen molar-refractivity contribution in [3.8, 4) is 22.6 Å². The molecule has 0 unspecified atom stereocenters. The van der Waals surface area contributed by atoms with Gasteiger partial charge in [-0.15, -0.1) is 0 Å². The fourth-order valence-corrected chi connectivity index (χ4v) is 1.43. The maximum Gasteiger partial charge on any atom is 0.142 e. The van der Waals surface area contributed by atoms with Crippen LogP contribution in [0, 0.1) is 5.82 Å². The molecule has 0 atom stereocenters. The van der Waals surface area contributed by atoms with E-state index in [0.29, 0.717) is 16.9 Å². The number of methoxy groups -OCH3 is 1. The zero-order valence-corrected chi connectivity index (χ0v) is 8.64. The molecule has 2 rings (SSSR count). The number of aromatic nitrogens is 1. The minimum Gasteiger partial charge on any atom is -0.507 e. The van der Waals surface area contributed by atoms with Gasteiger partial charge < -0.3 is 9.84 Å². The molecule has 16 heavy (non-hydrogen) atoms. The lowest BCUT2D eigenvalue weighted by atomic mass is 10.1. The van der Waals surface area contributed by atoms with E-state index >= 15 is 0 Å². The Bertz CT molecular complexity index is 514. The summed E-state index contributed by atoms with van der Waals surface area (Å²) in [6.45, 7) is 0. The Kier molecular flexibility index (Phi) is 2.72. The largest absolute Gasteiger partial charge is 0.507 e. The van der Waals surface area contributed by atoms with E-state index in [4.69, 9.17) is 4.74 Å². The summed E-state index contributed by atoms with van der Waals surface area (Å²) < 4.78 is 18.0. The molecule has 1 aromatic carbocycles. The van der Waals surface area contributed by atoms with Crippen molar-refractivity contribution in [1.82, 2.24) is 4.98 Å². The first kappa shape index (κ1) is 10.4. The van der Waals surface area contributed by atoms with E-state index in [1.807, 2.05) is 0 Å². The van der Waals surface area contributed by atoms with Crippen LogP contribution in [0.25, 0.3) is 11.1 Å². The molecule has 0 fully saturated rings. The number of pyridine rings is 1. The fraction of sp³-hybridized carbons (Fsp3) is 0.0833. The van der Waals surface area contributed by atoms with Crippen LogP contribution in [-0.4, -0.2) is 17.2 Å². The molecule has 0 aliphatic rings. The smallest absolute Gasteiger partial charge is 0.142 e. The number of benzene rings is 1. The Morgan fingerprint density at radius 3 is 2.75 bits per heavy atom. The molecular formula is C12H10FNO2. The summed E-state index contributed by atoms with van der Waals surface area (Å²) in [6, 6.07) is 6.07. The predicted octanol–water partition coefficient (Wildman–Crippen LogP) is 2.60. The minimum atomic E-state index is -0.445. The molecule has 0 amide bonds. The Balaban J connectivity index is 2.54. The number of ether oxygens (including phenoxy) is 1. The van der Waals surface area contributed by atoms with Crippen molar-refractivity contribution < 1.29 is 14.2 Å². The summed E-state index contributed by atoms with van der Waals surface area (Å²) >= 11 is 0. The second-order valence-electron chi connectivity index (χ2n) is 3.27. The molecule has 2 aromatic rings. The van der Waals surface area contributed by atoms with E-state index in [1.165, 1.54) is 25.4 Å². The molecule has 1 heterocycles. The van der Waals surface area contributed by atoms with Gasteiger partial charge in [-0.1, -0.05) is 0 Å². The zero-order valence-electron chi connectivity index (χ0n) is 8.64. The van der Waals surface area contributed by atoms with Gasteiger partial charge in [0.25, 0.3) is 0 Å². The highest BCUT2D eigenvalue weighted by atomic mass is 19.1. The van der Waals surface area contributed by atoms with Gasteiger partial charge in [0, 0.05) is 17.3 Å². The number of halogens is 1. The third-order valence-corrected chi connectivity index (χ3v) is 2.22. The Hall–Kier alpha value is -2.10. The molecule has 0 bridgehead atoms. The Morgan fingerprint density at radius 2 is 2.06 bits per heavy atom. The Labute approximate surface area is 92.1 Å². The van der Waals surface area contributed by atoms with Crippen LogP contribution in [0.15, 0.2) is 36.7 Å². The lowest BCUT2D eigenvalue weighted by molar-refractivity contribution is 0.412. The molecule has 1 N–H and O–H groups in total. The summed E-state index contributed by atoms with van der Waals surface area (Å²) in [6.07, 6.45) is 2.60. The quantitative estimate of drug-likeness (QED) is 0.844. The zero-order chi connectivity index (χ0) is 11.5. The van der Waals surface area contributed by atoms with Gasteiger partial charge in [-0.25, -0.2) is 4.39 Å². The highest BCUT2D eigenvalue weighted by Gasteiger charge is 2.07. The van der Waals surface area contributed by atoms with Crippen LogP contribution in [0.4, 0.5) is 4.39 Å². The van der Waals surface area contributed by atoms with Gasteiger partial charge in [0.2, 0.25) is 0 Å². The van der Waals surface area contributed by atoms with Crippen molar-refractivity contribution in [2.24, 2.45) is 0 Å². The van der Waals surface area contributed by atoms with Crippen molar-refractivity contribution in [3.63, 3.8) is 0 Å². The number of hydrogen-bond acceptors (Lipinski definition) is 3. The number of rotatable bonds is 2. The van der Waals surface area contributed by atoms with Gasteiger partial charge in [-0.3, -0.25) is 4.98 Å². The summed E-state index contributed by atoms with van der Waals surface area (Å²) in [5.41, 5.74) is 1.00. The third-order valence-electron chi connectivity index (χ3n) is 2.22. The standard InChI is InChI=1S/C12H10FNO2/c1-16-10-2-3-12(15)11(5-10)8-4-9(13)7-14-6-8/h2-7,15H,1H3. The second-order valence-corrected chi connectivity index (χ2v) is 3.27. The first-order valence-corrected chi connectivity index (χ1v) is 4.68. The Morgan fingerprint density at radius 1 is 1.25 bits per heavy atom. The van der Waals surface area contributed by atoms with Crippen molar-refractivity contribution in [3.05, 3.63) is 42.5 Å². The average Bonchev–Trinajstić information content (AvgIpc) is 2.30. The lowest BCUT2D eigenvalue weighted by Gasteiger charge is -2.06. The fourth-order valence-electron chi connectivity index (χ4n) is 1.43. The predicted molar refractivity (Wildman–Crippen MR) is 57.8 cm³/mol.